The summed E-state index contributed by atoms with van der Waals surface area (Å²) in [5.41, 5.74) is 2.51. The number of anilines is 1. The van der Waals surface area contributed by atoms with Crippen LogP contribution in [0.3, 0.4) is 0 Å². The molecule has 0 N–H and O–H groups in total. The maximum atomic E-state index is 13.5. The largest absolute Gasteiger partial charge is 0.371 e. The molecule has 1 aromatic rings. The number of halogens is 2. The van der Waals surface area contributed by atoms with Crippen LogP contribution in [0.15, 0.2) is 16.6 Å². The number of benzene rings is 1. The summed E-state index contributed by atoms with van der Waals surface area (Å²) in [6.45, 7) is 10.9. The average Bonchev–Trinajstić information content (AvgIpc) is 2.08. The highest BCUT2D eigenvalue weighted by Gasteiger charge is 2.36. The molecule has 0 unspecified atom stereocenters. The lowest BCUT2D eigenvalue weighted by Gasteiger charge is -2.48. The van der Waals surface area contributed by atoms with Crippen molar-refractivity contribution >= 4 is 21.6 Å². The topological polar surface area (TPSA) is 3.24 Å². The van der Waals surface area contributed by atoms with E-state index in [0.29, 0.717) is 15.8 Å². The fourth-order valence-corrected chi connectivity index (χ4v) is 2.66. The van der Waals surface area contributed by atoms with Gasteiger partial charge in [0.1, 0.15) is 5.82 Å². The third kappa shape index (κ3) is 2.49. The highest BCUT2D eigenvalue weighted by atomic mass is 79.9. The highest BCUT2D eigenvalue weighted by molar-refractivity contribution is 9.10. The summed E-state index contributed by atoms with van der Waals surface area (Å²) < 4.78 is 14.1. The summed E-state index contributed by atoms with van der Waals surface area (Å²) in [6.07, 6.45) is 0. The zero-order chi connectivity index (χ0) is 12.8. The minimum absolute atomic E-state index is 0.176. The summed E-state index contributed by atoms with van der Waals surface area (Å²) in [4.78, 5) is 2.26. The summed E-state index contributed by atoms with van der Waals surface area (Å²) >= 11 is 3.22. The number of rotatable bonds is 1. The molecule has 1 aliphatic rings. The molecule has 0 spiro atoms. The van der Waals surface area contributed by atoms with Gasteiger partial charge in [-0.15, -0.1) is 0 Å². The lowest BCUT2D eigenvalue weighted by atomic mass is 9.75. The van der Waals surface area contributed by atoms with Crippen LogP contribution in [0.5, 0.6) is 0 Å². The predicted octanol–water partition coefficient (Wildman–Crippen LogP) is 4.38. The Morgan fingerprint density at radius 3 is 2.41 bits per heavy atom. The first-order chi connectivity index (χ1) is 7.79. The van der Waals surface area contributed by atoms with Crippen LogP contribution in [0.25, 0.3) is 0 Å². The second-order valence-corrected chi connectivity index (χ2v) is 6.88. The van der Waals surface area contributed by atoms with Gasteiger partial charge in [0.15, 0.2) is 0 Å². The highest BCUT2D eigenvalue weighted by Crippen LogP contribution is 2.38. The van der Waals surface area contributed by atoms with Crippen molar-refractivity contribution in [1.29, 1.82) is 0 Å². The van der Waals surface area contributed by atoms with E-state index < -0.39 is 0 Å². The van der Waals surface area contributed by atoms with Crippen LogP contribution in [-0.2, 0) is 0 Å². The van der Waals surface area contributed by atoms with Gasteiger partial charge < -0.3 is 4.90 Å². The Labute approximate surface area is 111 Å². The van der Waals surface area contributed by atoms with E-state index in [0.717, 1.165) is 24.3 Å². The molecule has 94 valence electrons. The van der Waals surface area contributed by atoms with E-state index >= 15 is 0 Å². The molecular weight excluding hydrogens is 281 g/mol. The second-order valence-electron chi connectivity index (χ2n) is 6.02. The van der Waals surface area contributed by atoms with Gasteiger partial charge in [-0.3, -0.25) is 0 Å². The first kappa shape index (κ1) is 12.9. The Bertz CT molecular complexity index is 431. The molecule has 1 fully saturated rings. The van der Waals surface area contributed by atoms with Gasteiger partial charge in [-0.1, -0.05) is 20.8 Å². The zero-order valence-electron chi connectivity index (χ0n) is 10.8. The summed E-state index contributed by atoms with van der Waals surface area (Å²) in [7, 11) is 0. The summed E-state index contributed by atoms with van der Waals surface area (Å²) in [5, 5.41) is 0. The fraction of sp³-hybridized carbons (Fsp3) is 0.571. The molecule has 1 saturated heterocycles. The lowest BCUT2D eigenvalue weighted by Crippen LogP contribution is -2.52. The molecule has 1 aliphatic heterocycles. The van der Waals surface area contributed by atoms with E-state index in [1.54, 1.807) is 6.07 Å². The molecular formula is C14H19BrFN. The first-order valence-corrected chi connectivity index (χ1v) is 6.79. The fourth-order valence-electron chi connectivity index (χ4n) is 2.20. The van der Waals surface area contributed by atoms with Crippen molar-refractivity contribution in [1.82, 2.24) is 0 Å². The lowest BCUT2D eigenvalue weighted by molar-refractivity contribution is 0.195. The van der Waals surface area contributed by atoms with Crippen molar-refractivity contribution in [3.63, 3.8) is 0 Å². The Balaban J connectivity index is 2.14. The first-order valence-electron chi connectivity index (χ1n) is 5.99. The zero-order valence-corrected chi connectivity index (χ0v) is 12.4. The van der Waals surface area contributed by atoms with E-state index in [2.05, 4.69) is 41.6 Å². The maximum Gasteiger partial charge on any atom is 0.139 e. The van der Waals surface area contributed by atoms with Gasteiger partial charge in [-0.05, 0) is 51.9 Å². The Hall–Kier alpha value is -0.570. The third-order valence-corrected chi connectivity index (χ3v) is 4.29. The van der Waals surface area contributed by atoms with Crippen molar-refractivity contribution in [2.24, 2.45) is 11.3 Å². The molecule has 0 saturated carbocycles. The molecule has 0 aliphatic carbocycles. The molecule has 17 heavy (non-hydrogen) atoms. The van der Waals surface area contributed by atoms with Crippen molar-refractivity contribution in [2.45, 2.75) is 27.7 Å². The molecule has 0 bridgehead atoms. The van der Waals surface area contributed by atoms with Crippen LogP contribution in [0.2, 0.25) is 0 Å². The van der Waals surface area contributed by atoms with E-state index in [-0.39, 0.29) is 5.82 Å². The SMILES string of the molecule is Cc1cc(Br)c(F)cc1N1CC(C(C)(C)C)C1. The molecule has 1 nitrogen and oxygen atoms in total. The Morgan fingerprint density at radius 2 is 1.88 bits per heavy atom. The number of hydrogen-bond acceptors (Lipinski definition) is 1. The van der Waals surface area contributed by atoms with Crippen LogP contribution >= 0.6 is 15.9 Å². The molecule has 3 heteroatoms. The van der Waals surface area contributed by atoms with Crippen molar-refractivity contribution in [3.05, 3.63) is 28.0 Å². The molecule has 0 aromatic heterocycles. The van der Waals surface area contributed by atoms with Crippen molar-refractivity contribution in [2.75, 3.05) is 18.0 Å². The van der Waals surface area contributed by atoms with Crippen molar-refractivity contribution < 1.29 is 4.39 Å². The van der Waals surface area contributed by atoms with E-state index in [1.807, 2.05) is 13.0 Å². The van der Waals surface area contributed by atoms with Crippen LogP contribution < -0.4 is 4.90 Å². The molecule has 2 rings (SSSR count). The standard InChI is InChI=1S/C14H19BrFN/c1-9-5-11(15)12(16)6-13(9)17-7-10(8-17)14(2,3)4/h5-6,10H,7-8H2,1-4H3. The number of nitrogens with zero attached hydrogens (tertiary/aromatic N) is 1. The van der Waals surface area contributed by atoms with Crippen LogP contribution in [0, 0.1) is 24.1 Å². The Kier molecular flexibility index (Phi) is 3.23. The quantitative estimate of drug-likeness (QED) is 0.744. The van der Waals surface area contributed by atoms with Gasteiger partial charge in [0, 0.05) is 18.8 Å². The van der Waals surface area contributed by atoms with E-state index in [9.17, 15) is 4.39 Å². The maximum absolute atomic E-state index is 13.5. The van der Waals surface area contributed by atoms with E-state index in [4.69, 9.17) is 0 Å². The minimum Gasteiger partial charge on any atom is -0.371 e. The van der Waals surface area contributed by atoms with Gasteiger partial charge in [0.2, 0.25) is 0 Å². The molecule has 0 radical (unpaired) electrons. The number of hydrogen-bond donors (Lipinski definition) is 0. The van der Waals surface area contributed by atoms with Crippen LogP contribution in [0.4, 0.5) is 10.1 Å². The average molecular weight is 300 g/mol. The van der Waals surface area contributed by atoms with Crippen LogP contribution in [-0.4, -0.2) is 13.1 Å². The molecule has 1 aromatic carbocycles. The van der Waals surface area contributed by atoms with Crippen LogP contribution in [0.1, 0.15) is 26.3 Å². The molecule has 0 atom stereocenters. The van der Waals surface area contributed by atoms with Gasteiger partial charge in [0.05, 0.1) is 4.47 Å². The second kappa shape index (κ2) is 4.27. The number of aryl methyl sites for hydroxylation is 1. The summed E-state index contributed by atoms with van der Waals surface area (Å²) in [5.74, 6) is 0.526. The van der Waals surface area contributed by atoms with Crippen molar-refractivity contribution in [3.8, 4) is 0 Å². The molecule has 0 amide bonds. The van der Waals surface area contributed by atoms with Gasteiger partial charge >= 0.3 is 0 Å². The Morgan fingerprint density at radius 1 is 1.29 bits per heavy atom. The van der Waals surface area contributed by atoms with Gasteiger partial charge in [0.25, 0.3) is 0 Å². The normalized spacial score (nSPS) is 17.2. The van der Waals surface area contributed by atoms with E-state index in [1.165, 1.54) is 0 Å². The minimum atomic E-state index is -0.176. The van der Waals surface area contributed by atoms with Gasteiger partial charge in [-0.2, -0.15) is 0 Å². The smallest absolute Gasteiger partial charge is 0.139 e. The molecule has 1 heterocycles. The third-order valence-electron chi connectivity index (χ3n) is 3.69. The monoisotopic (exact) mass is 299 g/mol. The summed E-state index contributed by atoms with van der Waals surface area (Å²) in [6, 6.07) is 3.49. The predicted molar refractivity (Wildman–Crippen MR) is 74.0 cm³/mol. The van der Waals surface area contributed by atoms with Gasteiger partial charge in [-0.25, -0.2) is 4.39 Å².